The standard InChI is InChI=1S/C25H35ClN2O6.C18H22BrClN2O5.C16H18ClF3N2O4S.C15H19ClN2O2.C7H14O/c1-15-8-10-17(11-9-15)31-14-16-12-20-18(13-19(16)26)21(27-34-20)28(22(29)32-24(2,3)4)23(30)33-25(5,6)7;1-17(2,3)25-15(23)22(16(24)26-18(4,5)6)14-11-8-12(20)10(9-19)7-13(11)27-21-14;1-27(23,24)22-15-12-7-13(17)9(6-14(12)26-21-15)8-25-11-4-2-10(3-5-11)16(18,19)20;1-9-2-4-11(5-3-9)19-8-10-6-14-12(7-13(10)16)15(17)18-20-14;1-6-2-4-7(8)5-3-6/h12-13,15,17H,8-11,14H2,1-7H3;7-8H,9H2,1-6H3;6-7,10-11H,2-5,8H2,1H3,(H,21,22);6-7,9,11H,2-5,8H2,1H3,(H2,17,18);6-8H,2-5H2,1H3. The van der Waals surface area contributed by atoms with Crippen molar-refractivity contribution in [2.75, 3.05) is 26.5 Å². The zero-order valence-electron chi connectivity index (χ0n) is 68.5. The fourth-order valence-electron chi connectivity index (χ4n) is 12.9. The number of halogens is 8. The molecule has 0 saturated heterocycles. The number of nitrogen functional groups attached to an aromatic ring is 1. The van der Waals surface area contributed by atoms with Crippen LogP contribution in [-0.2, 0) is 68.3 Å². The molecule has 35 heteroatoms. The number of benzene rings is 4. The van der Waals surface area contributed by atoms with Crippen molar-refractivity contribution in [1.29, 1.82) is 0 Å². The van der Waals surface area contributed by atoms with E-state index in [1.165, 1.54) is 31.7 Å². The summed E-state index contributed by atoms with van der Waals surface area (Å²) < 4.78 is 123. The molecule has 0 spiro atoms. The largest absolute Gasteiger partial charge is 0.443 e. The molecule has 4 aromatic heterocycles. The summed E-state index contributed by atoms with van der Waals surface area (Å²) >= 11 is 28.6. The van der Waals surface area contributed by atoms with Gasteiger partial charge < -0.3 is 62.1 Å². The Bertz CT molecular complexity index is 4690. The minimum atomic E-state index is -4.15. The Labute approximate surface area is 703 Å². The number of fused-ring (bicyclic) bond motifs is 4. The number of alkyl halides is 4. The van der Waals surface area contributed by atoms with Crippen molar-refractivity contribution in [3.05, 3.63) is 90.9 Å². The predicted molar refractivity (Wildman–Crippen MR) is 444 cm³/mol. The third kappa shape index (κ3) is 28.6. The average Bonchev–Trinajstić information content (AvgIpc) is 1.61. The zero-order chi connectivity index (χ0) is 85.7. The lowest BCUT2D eigenvalue weighted by molar-refractivity contribution is -0.188. The first-order valence-corrected chi connectivity index (χ1v) is 43.2. The van der Waals surface area contributed by atoms with Gasteiger partial charge in [-0.2, -0.15) is 23.0 Å². The number of anilines is 4. The second kappa shape index (κ2) is 40.4. The van der Waals surface area contributed by atoms with E-state index in [4.69, 9.17) is 108 Å². The van der Waals surface area contributed by atoms with E-state index in [0.717, 1.165) is 102 Å². The van der Waals surface area contributed by atoms with Gasteiger partial charge in [0.25, 0.3) is 0 Å². The molecule has 4 heterocycles. The number of aliphatic hydroxyl groups excluding tert-OH is 1. The van der Waals surface area contributed by atoms with Crippen molar-refractivity contribution in [1.82, 2.24) is 20.6 Å². The molecule has 4 aromatic carbocycles. The molecule has 0 unspecified atom stereocenters. The van der Waals surface area contributed by atoms with E-state index in [1.54, 1.807) is 119 Å². The average molecular weight is 1790 g/mol. The van der Waals surface area contributed by atoms with Crippen molar-refractivity contribution >= 4 is 164 Å². The molecule has 8 aromatic rings. The number of amides is 4. The Morgan fingerprint density at radius 2 is 0.767 bits per heavy atom. The number of imide groups is 2. The van der Waals surface area contributed by atoms with Gasteiger partial charge in [-0.3, -0.25) is 4.72 Å². The lowest BCUT2D eigenvalue weighted by atomic mass is 9.87. The van der Waals surface area contributed by atoms with E-state index < -0.39 is 68.9 Å². The maximum Gasteiger partial charge on any atom is 0.425 e. The Morgan fingerprint density at radius 3 is 1.10 bits per heavy atom. The summed E-state index contributed by atoms with van der Waals surface area (Å²) in [5.41, 5.74) is 7.15. The number of nitrogens with zero attached hydrogens (tertiary/aromatic N) is 6. The Kier molecular flexibility index (Phi) is 32.9. The molecule has 4 aliphatic rings. The van der Waals surface area contributed by atoms with Crippen LogP contribution >= 0.6 is 62.3 Å². The molecule has 0 bridgehead atoms. The third-order valence-electron chi connectivity index (χ3n) is 19.2. The van der Waals surface area contributed by atoms with Crippen molar-refractivity contribution in [2.45, 2.75) is 285 Å². The van der Waals surface area contributed by atoms with Crippen LogP contribution in [-0.4, -0.2) is 118 Å². The van der Waals surface area contributed by atoms with Gasteiger partial charge in [0, 0.05) is 42.1 Å². The number of ether oxygens (including phenoxy) is 7. The molecule has 4 amide bonds. The molecule has 4 saturated carbocycles. The number of hydrogen-bond acceptors (Lipinski definition) is 23. The van der Waals surface area contributed by atoms with Crippen LogP contribution in [0.3, 0.4) is 0 Å². The van der Waals surface area contributed by atoms with E-state index in [2.05, 4.69) is 62.0 Å². The summed E-state index contributed by atoms with van der Waals surface area (Å²) in [6.07, 6.45) is 7.93. The highest BCUT2D eigenvalue weighted by atomic mass is 79.9. The SMILES string of the molecule is CC(C)(C)OC(=O)N(C(=O)OC(C)(C)C)c1noc2cc(CBr)c(Cl)cc12.CC1CCC(O)CC1.CC1CCC(OCc2cc3onc(N(C(=O)OC(C)(C)C)C(=O)OC(C)(C)C)c3cc2Cl)CC1.CC1CCC(OCc2cc3onc(N)c3cc2Cl)CC1.CS(=O)(=O)Nc1noc2cc(COC3CCC(C(F)(F)F)CC3)c(Cl)cc12. The van der Waals surface area contributed by atoms with Gasteiger partial charge in [0.1, 0.15) is 22.4 Å². The van der Waals surface area contributed by atoms with Gasteiger partial charge in [-0.15, -0.1) is 0 Å². The lowest BCUT2D eigenvalue weighted by Crippen LogP contribution is -2.44. The molecule has 0 atom stereocenters. The Hall–Kier alpha value is -6.94. The van der Waals surface area contributed by atoms with Gasteiger partial charge in [0.2, 0.25) is 10.0 Å². The molecule has 0 radical (unpaired) electrons. The maximum atomic E-state index is 12.9. The number of hydrogen-bond donors (Lipinski definition) is 3. The molecular weight excluding hydrogens is 1680 g/mol. The summed E-state index contributed by atoms with van der Waals surface area (Å²) in [5.74, 6) is 1.48. The van der Waals surface area contributed by atoms with E-state index in [9.17, 15) is 40.8 Å². The van der Waals surface area contributed by atoms with Crippen LogP contribution in [0.25, 0.3) is 43.9 Å². The summed E-state index contributed by atoms with van der Waals surface area (Å²) in [7, 11) is -3.52. The van der Waals surface area contributed by atoms with Crippen LogP contribution in [0.5, 0.6) is 0 Å². The topological polar surface area (TPSA) is 336 Å². The van der Waals surface area contributed by atoms with Gasteiger partial charge in [-0.05, 0) is 258 Å². The van der Waals surface area contributed by atoms with Crippen LogP contribution in [0.1, 0.15) is 229 Å². The number of aliphatic hydroxyl groups is 1. The summed E-state index contributed by atoms with van der Waals surface area (Å²) in [6.45, 7) is 28.2. The van der Waals surface area contributed by atoms with Gasteiger partial charge in [-0.25, -0.2) is 27.6 Å². The minimum Gasteiger partial charge on any atom is -0.443 e. The molecular formula is C81H108BrCl4F3N8O18S. The highest BCUT2D eigenvalue weighted by Crippen LogP contribution is 2.42. The normalized spacial score (nSPS) is 20.2. The van der Waals surface area contributed by atoms with E-state index in [-0.39, 0.29) is 55.2 Å². The zero-order valence-corrected chi connectivity index (χ0v) is 73.9. The van der Waals surface area contributed by atoms with Gasteiger partial charge in [0.15, 0.2) is 45.6 Å². The van der Waals surface area contributed by atoms with Crippen molar-refractivity contribution < 1.29 is 97.1 Å². The summed E-state index contributed by atoms with van der Waals surface area (Å²) in [6, 6.07) is 13.4. The fourth-order valence-corrected chi connectivity index (χ4v) is 14.9. The molecule has 642 valence electrons. The van der Waals surface area contributed by atoms with Crippen molar-refractivity contribution in [3.8, 4) is 0 Å². The molecule has 4 fully saturated rings. The Morgan fingerprint density at radius 1 is 0.474 bits per heavy atom. The molecule has 116 heavy (non-hydrogen) atoms. The van der Waals surface area contributed by atoms with Crippen molar-refractivity contribution in [3.63, 3.8) is 0 Å². The van der Waals surface area contributed by atoms with Gasteiger partial charge >= 0.3 is 30.5 Å². The van der Waals surface area contributed by atoms with Gasteiger partial charge in [-0.1, -0.05) is 104 Å². The van der Waals surface area contributed by atoms with Crippen LogP contribution < -0.4 is 20.3 Å². The lowest BCUT2D eigenvalue weighted by Gasteiger charge is -2.29. The number of aromatic nitrogens is 4. The molecule has 26 nitrogen and oxygen atoms in total. The first-order chi connectivity index (χ1) is 54.0. The molecule has 4 aliphatic carbocycles. The number of carbonyl (C=O) groups excluding carboxylic acids is 4. The highest BCUT2D eigenvalue weighted by molar-refractivity contribution is 9.08. The van der Waals surface area contributed by atoms with E-state index >= 15 is 0 Å². The van der Waals surface area contributed by atoms with Crippen LogP contribution in [0.2, 0.25) is 20.1 Å². The highest BCUT2D eigenvalue weighted by Gasteiger charge is 2.43. The minimum absolute atomic E-state index is 0.0196. The number of nitrogens with one attached hydrogen (secondary N) is 1. The molecule has 4 N–H and O–H groups in total. The van der Waals surface area contributed by atoms with Crippen LogP contribution in [0.4, 0.5) is 55.6 Å². The number of sulfonamides is 1. The van der Waals surface area contributed by atoms with Crippen molar-refractivity contribution in [2.24, 2.45) is 23.7 Å². The Balaban J connectivity index is 0.000000189. The number of carbonyl (C=O) groups is 4. The van der Waals surface area contributed by atoms with E-state index in [1.807, 2.05) is 6.07 Å². The van der Waals surface area contributed by atoms with Crippen LogP contribution in [0, 0.1) is 23.7 Å². The van der Waals surface area contributed by atoms with Crippen LogP contribution in [0.15, 0.2) is 66.6 Å². The fraction of sp³-hybridized carbons (Fsp3) is 0.605. The van der Waals surface area contributed by atoms with Gasteiger partial charge in [0.05, 0.1) is 78.0 Å². The van der Waals surface area contributed by atoms with E-state index in [0.29, 0.717) is 112 Å². The summed E-state index contributed by atoms with van der Waals surface area (Å²) in [4.78, 5) is 52.8. The second-order valence-corrected chi connectivity index (χ2v) is 38.0. The molecule has 12 rings (SSSR count). The molecule has 0 aliphatic heterocycles. The number of nitrogens with two attached hydrogens (primary N) is 1. The quantitative estimate of drug-likeness (QED) is 0.0672. The first kappa shape index (κ1) is 94.5. The first-order valence-electron chi connectivity index (χ1n) is 38.7. The number of rotatable bonds is 14. The maximum absolute atomic E-state index is 12.9. The predicted octanol–water partition coefficient (Wildman–Crippen LogP) is 23.5. The third-order valence-corrected chi connectivity index (χ3v) is 21.7. The smallest absolute Gasteiger partial charge is 0.425 e. The monoisotopic (exact) mass is 1790 g/mol. The summed E-state index contributed by atoms with van der Waals surface area (Å²) in [5, 5.41) is 28.6. The second-order valence-electron chi connectivity index (χ2n) is 34.1.